The van der Waals surface area contributed by atoms with Crippen molar-refractivity contribution < 1.29 is 19.0 Å². The quantitative estimate of drug-likeness (QED) is 0.396. The summed E-state index contributed by atoms with van der Waals surface area (Å²) in [5, 5.41) is 4.44. The van der Waals surface area contributed by atoms with E-state index in [2.05, 4.69) is 10.1 Å². The molecule has 0 saturated heterocycles. The molecule has 0 bridgehead atoms. The number of aromatic nitrogens is 3. The molecule has 7 nitrogen and oxygen atoms in total. The molecule has 0 atom stereocenters. The van der Waals surface area contributed by atoms with Crippen LogP contribution >= 0.6 is 11.3 Å². The molecule has 0 fully saturated rings. The van der Waals surface area contributed by atoms with Crippen molar-refractivity contribution in [2.75, 3.05) is 21.3 Å². The predicted octanol–water partition coefficient (Wildman–Crippen LogP) is 2.94. The van der Waals surface area contributed by atoms with Crippen LogP contribution in [0.15, 0.2) is 30.5 Å². The van der Waals surface area contributed by atoms with Gasteiger partial charge in [0.15, 0.2) is 0 Å². The van der Waals surface area contributed by atoms with Crippen LogP contribution in [0.4, 0.5) is 0 Å². The number of nitrogens with zero attached hydrogens (tertiary/aromatic N) is 3. The first-order valence-electron chi connectivity index (χ1n) is 7.41. The van der Waals surface area contributed by atoms with Gasteiger partial charge in [0.1, 0.15) is 17.1 Å². The maximum atomic E-state index is 12.2. The van der Waals surface area contributed by atoms with E-state index < -0.39 is 5.97 Å². The number of methoxy groups -OCH3 is 3. The summed E-state index contributed by atoms with van der Waals surface area (Å²) in [5.41, 5.74) is 1.93. The normalized spacial score (nSPS) is 11.6. The van der Waals surface area contributed by atoms with Gasteiger partial charge in [0.25, 0.3) is 0 Å². The molecule has 0 saturated carbocycles. The van der Waals surface area contributed by atoms with E-state index in [4.69, 9.17) is 14.2 Å². The third-order valence-electron chi connectivity index (χ3n) is 3.55. The monoisotopic (exact) mass is 359 g/mol. The number of fused-ring (bicyclic) bond motifs is 1. The number of esters is 1. The van der Waals surface area contributed by atoms with Crippen LogP contribution in [0.5, 0.6) is 5.75 Å². The fourth-order valence-corrected chi connectivity index (χ4v) is 3.57. The van der Waals surface area contributed by atoms with Crippen LogP contribution < -0.4 is 4.74 Å². The minimum Gasteiger partial charge on any atom is -0.503 e. The molecule has 0 aliphatic carbocycles. The van der Waals surface area contributed by atoms with Gasteiger partial charge < -0.3 is 14.2 Å². The number of hydrogen-bond donors (Lipinski definition) is 0. The van der Waals surface area contributed by atoms with Gasteiger partial charge in [-0.2, -0.15) is 5.10 Å². The van der Waals surface area contributed by atoms with Crippen molar-refractivity contribution in [3.05, 3.63) is 41.2 Å². The lowest BCUT2D eigenvalue weighted by Gasteiger charge is -2.08. The number of hydrogen-bond acceptors (Lipinski definition) is 7. The first-order chi connectivity index (χ1) is 12.1. The van der Waals surface area contributed by atoms with E-state index in [1.54, 1.807) is 11.6 Å². The van der Waals surface area contributed by atoms with Crippen LogP contribution in [0.25, 0.3) is 21.8 Å². The zero-order chi connectivity index (χ0) is 18.0. The SMILES string of the molecule is COC=C(C(=O)OC)c1sc2nc(C)nn2c1-c1ccc(OC)cc1. The zero-order valence-electron chi connectivity index (χ0n) is 14.3. The van der Waals surface area contributed by atoms with Crippen LogP contribution in [0, 0.1) is 6.92 Å². The van der Waals surface area contributed by atoms with Crippen molar-refractivity contribution in [3.8, 4) is 17.0 Å². The highest BCUT2D eigenvalue weighted by Gasteiger charge is 2.25. The van der Waals surface area contributed by atoms with Crippen molar-refractivity contribution in [1.29, 1.82) is 0 Å². The third-order valence-corrected chi connectivity index (χ3v) is 4.62. The highest BCUT2D eigenvalue weighted by Crippen LogP contribution is 2.37. The molecule has 8 heteroatoms. The van der Waals surface area contributed by atoms with E-state index in [0.29, 0.717) is 21.2 Å². The van der Waals surface area contributed by atoms with Crippen molar-refractivity contribution in [2.45, 2.75) is 6.92 Å². The average Bonchev–Trinajstić information content (AvgIpc) is 3.14. The molecule has 0 radical (unpaired) electrons. The van der Waals surface area contributed by atoms with Crippen LogP contribution in [0.2, 0.25) is 0 Å². The third kappa shape index (κ3) is 3.08. The van der Waals surface area contributed by atoms with Crippen LogP contribution in [0.3, 0.4) is 0 Å². The van der Waals surface area contributed by atoms with Crippen molar-refractivity contribution in [3.63, 3.8) is 0 Å². The second kappa shape index (κ2) is 6.94. The lowest BCUT2D eigenvalue weighted by atomic mass is 10.1. The molecule has 0 unspecified atom stereocenters. The van der Waals surface area contributed by atoms with Gasteiger partial charge in [0.05, 0.1) is 38.2 Å². The largest absolute Gasteiger partial charge is 0.503 e. The number of carbonyl (C=O) groups is 1. The summed E-state index contributed by atoms with van der Waals surface area (Å²) < 4.78 is 16.9. The van der Waals surface area contributed by atoms with E-state index in [1.807, 2.05) is 31.2 Å². The minimum absolute atomic E-state index is 0.311. The molecule has 0 amide bonds. The van der Waals surface area contributed by atoms with Crippen molar-refractivity contribution in [1.82, 2.24) is 14.6 Å². The Morgan fingerprint density at radius 2 is 1.92 bits per heavy atom. The Labute approximate surface area is 148 Å². The summed E-state index contributed by atoms with van der Waals surface area (Å²) in [6.45, 7) is 1.82. The molecule has 0 spiro atoms. The van der Waals surface area contributed by atoms with E-state index in [9.17, 15) is 4.79 Å². The van der Waals surface area contributed by atoms with Crippen LogP contribution in [-0.2, 0) is 14.3 Å². The summed E-state index contributed by atoms with van der Waals surface area (Å²) in [6.07, 6.45) is 1.37. The molecule has 25 heavy (non-hydrogen) atoms. The molecular weight excluding hydrogens is 342 g/mol. The van der Waals surface area contributed by atoms with Gasteiger partial charge in [-0.25, -0.2) is 14.3 Å². The topological polar surface area (TPSA) is 75.0 Å². The summed E-state index contributed by atoms with van der Waals surface area (Å²) in [6, 6.07) is 7.51. The Bertz CT molecular complexity index is 941. The number of carbonyl (C=O) groups excluding carboxylic acids is 1. The molecule has 0 aliphatic heterocycles. The molecule has 130 valence electrons. The second-order valence-electron chi connectivity index (χ2n) is 5.12. The van der Waals surface area contributed by atoms with Crippen LogP contribution in [-0.4, -0.2) is 41.9 Å². The van der Waals surface area contributed by atoms with E-state index in [-0.39, 0.29) is 0 Å². The average molecular weight is 359 g/mol. The maximum absolute atomic E-state index is 12.2. The lowest BCUT2D eigenvalue weighted by Crippen LogP contribution is -2.05. The van der Waals surface area contributed by atoms with E-state index in [0.717, 1.165) is 17.0 Å². The molecule has 0 N–H and O–H groups in total. The maximum Gasteiger partial charge on any atom is 0.342 e. The van der Waals surface area contributed by atoms with Gasteiger partial charge in [-0.3, -0.25) is 0 Å². The highest BCUT2D eigenvalue weighted by molar-refractivity contribution is 7.18. The molecule has 1 aromatic carbocycles. The van der Waals surface area contributed by atoms with Crippen molar-refractivity contribution in [2.24, 2.45) is 0 Å². The molecule has 3 aromatic rings. The summed E-state index contributed by atoms with van der Waals surface area (Å²) >= 11 is 1.35. The zero-order valence-corrected chi connectivity index (χ0v) is 15.1. The summed E-state index contributed by atoms with van der Waals surface area (Å²) in [7, 11) is 4.43. The Morgan fingerprint density at radius 3 is 2.52 bits per heavy atom. The fraction of sp³-hybridized carbons (Fsp3) is 0.235. The van der Waals surface area contributed by atoms with Gasteiger partial charge in [-0.15, -0.1) is 0 Å². The van der Waals surface area contributed by atoms with Gasteiger partial charge in [0, 0.05) is 5.56 Å². The predicted molar refractivity (Wildman–Crippen MR) is 94.6 cm³/mol. The van der Waals surface area contributed by atoms with Gasteiger partial charge >= 0.3 is 5.97 Å². The van der Waals surface area contributed by atoms with E-state index >= 15 is 0 Å². The number of benzene rings is 1. The fourth-order valence-electron chi connectivity index (χ4n) is 2.45. The standard InChI is InChI=1S/C17H17N3O4S/c1-10-18-17-20(19-10)14(11-5-7-12(23-3)8-6-11)15(25-17)13(9-22-2)16(21)24-4/h5-9H,1-4H3. The van der Waals surface area contributed by atoms with E-state index in [1.165, 1.54) is 31.8 Å². The Kier molecular flexibility index (Phi) is 4.71. The minimum atomic E-state index is -0.488. The summed E-state index contributed by atoms with van der Waals surface area (Å²) in [5.74, 6) is 0.910. The first kappa shape index (κ1) is 17.0. The van der Waals surface area contributed by atoms with Gasteiger partial charge in [-0.05, 0) is 31.2 Å². The van der Waals surface area contributed by atoms with Gasteiger partial charge in [0.2, 0.25) is 4.96 Å². The lowest BCUT2D eigenvalue weighted by molar-refractivity contribution is -0.133. The number of ether oxygens (including phenoxy) is 3. The highest BCUT2D eigenvalue weighted by atomic mass is 32.1. The number of thiazole rings is 1. The first-order valence-corrected chi connectivity index (χ1v) is 8.23. The number of rotatable bonds is 5. The smallest absolute Gasteiger partial charge is 0.342 e. The van der Waals surface area contributed by atoms with Gasteiger partial charge in [-0.1, -0.05) is 11.3 Å². The second-order valence-corrected chi connectivity index (χ2v) is 6.10. The Morgan fingerprint density at radius 1 is 1.20 bits per heavy atom. The number of aryl methyl sites for hydroxylation is 1. The molecular formula is C17H17N3O4S. The summed E-state index contributed by atoms with van der Waals surface area (Å²) in [4.78, 5) is 18.0. The Hall–Kier alpha value is -2.87. The van der Waals surface area contributed by atoms with Crippen LogP contribution in [0.1, 0.15) is 10.7 Å². The molecule has 0 aliphatic rings. The molecule has 2 aromatic heterocycles. The molecule has 3 rings (SSSR count). The molecule has 2 heterocycles. The van der Waals surface area contributed by atoms with Crippen molar-refractivity contribution >= 4 is 27.8 Å². The Balaban J connectivity index is 2.26.